The molecule has 4 saturated heterocycles. The van der Waals surface area contributed by atoms with E-state index in [0.29, 0.717) is 37.7 Å². The normalized spacial score (nSPS) is 52.1. The molecule has 15 N–H and O–H groups in total. The maximum Gasteiger partial charge on any atom is 0.187 e. The summed E-state index contributed by atoms with van der Waals surface area (Å²) in [5.74, 6) is -1.09. The molecule has 0 radical (unpaired) electrons. The Morgan fingerprint density at radius 2 is 1.08 bits per heavy atom. The summed E-state index contributed by atoms with van der Waals surface area (Å²) < 4.78 is 48.6. The Morgan fingerprint density at radius 1 is 0.577 bits per heavy atom. The molecule has 0 bridgehead atoms. The van der Waals surface area contributed by atoms with Crippen LogP contribution in [0.4, 0.5) is 0 Å². The second-order valence-corrected chi connectivity index (χ2v) is 25.6. The third kappa shape index (κ3) is 10.7. The predicted octanol–water partition coefficient (Wildman–Crippen LogP) is -3.02. The zero-order valence-corrected chi connectivity index (χ0v) is 45.8. The molecule has 0 aromatic heterocycles. The van der Waals surface area contributed by atoms with Crippen LogP contribution in [0.15, 0.2) is 12.2 Å². The quantitative estimate of drug-likeness (QED) is 0.0509. The van der Waals surface area contributed by atoms with E-state index in [1.165, 1.54) is 0 Å². The van der Waals surface area contributed by atoms with Gasteiger partial charge in [0.1, 0.15) is 97.7 Å². The molecule has 8 rings (SSSR count). The van der Waals surface area contributed by atoms with Crippen molar-refractivity contribution in [1.82, 2.24) is 0 Å². The molecular formula is C54H90O24. The van der Waals surface area contributed by atoms with E-state index in [4.69, 9.17) is 37.9 Å². The molecule has 0 amide bonds. The second-order valence-electron chi connectivity index (χ2n) is 25.6. The number of rotatable bonds is 17. The highest BCUT2D eigenvalue weighted by Gasteiger charge is 2.72. The largest absolute Gasteiger partial charge is 0.394 e. The molecule has 450 valence electrons. The Hall–Kier alpha value is -1.51. The molecule has 0 aromatic rings. The molecular weight excluding hydrogens is 1030 g/mol. The lowest BCUT2D eigenvalue weighted by Crippen LogP contribution is -2.68. The first-order valence-electron chi connectivity index (χ1n) is 27.9. The average molecular weight is 1120 g/mol. The third-order valence-corrected chi connectivity index (χ3v) is 21.0. The Labute approximate surface area is 454 Å². The topological polar surface area (TPSA) is 394 Å². The van der Waals surface area contributed by atoms with Crippen molar-refractivity contribution in [2.75, 3.05) is 26.4 Å². The van der Waals surface area contributed by atoms with Gasteiger partial charge in [-0.3, -0.25) is 4.79 Å². The first kappa shape index (κ1) is 62.5. The summed E-state index contributed by atoms with van der Waals surface area (Å²) in [6.45, 7) is 15.6. The summed E-state index contributed by atoms with van der Waals surface area (Å²) in [6.07, 6.45) is -29.6. The number of ketones is 1. The first-order chi connectivity index (χ1) is 36.5. The fourth-order valence-electron chi connectivity index (χ4n) is 16.2. The average Bonchev–Trinajstić information content (AvgIpc) is 3.91. The van der Waals surface area contributed by atoms with Crippen molar-refractivity contribution in [3.8, 4) is 0 Å². The molecule has 0 spiro atoms. The Bertz CT molecular complexity index is 2070. The van der Waals surface area contributed by atoms with Crippen LogP contribution in [-0.4, -0.2) is 249 Å². The van der Waals surface area contributed by atoms with Crippen LogP contribution < -0.4 is 0 Å². The van der Waals surface area contributed by atoms with Crippen molar-refractivity contribution in [1.29, 1.82) is 0 Å². The molecule has 78 heavy (non-hydrogen) atoms. The van der Waals surface area contributed by atoms with Crippen LogP contribution in [0.3, 0.4) is 0 Å². The summed E-state index contributed by atoms with van der Waals surface area (Å²) in [5, 5.41) is 162. The molecule has 30 unspecified atom stereocenters. The van der Waals surface area contributed by atoms with Gasteiger partial charge >= 0.3 is 0 Å². The fraction of sp³-hybridized carbons (Fsp3) is 0.944. The summed E-state index contributed by atoms with van der Waals surface area (Å²) in [4.78, 5) is 13.3. The number of carbonyl (C=O) groups is 1. The SMILES string of the molecule is C=C(C)C(=O)CCC(C)(OC1OC(COC2OC(CO)C(O)C(O)C2O)C(O)C(O)C1O)C1CCC2(C)C1C(O)CC1C3(C)CCC(OC4OC(CO)C(O)C(O)C4OC4OC(CO)C(O)C(O)C4O)C(C)(C)C3CCC12C. The highest BCUT2D eigenvalue weighted by Crippen LogP contribution is 2.76. The lowest BCUT2D eigenvalue weighted by Gasteiger charge is -2.71. The van der Waals surface area contributed by atoms with Crippen molar-refractivity contribution in [3.63, 3.8) is 0 Å². The molecule has 4 heterocycles. The minimum absolute atomic E-state index is 0.00460. The van der Waals surface area contributed by atoms with Gasteiger partial charge in [0.15, 0.2) is 30.9 Å². The van der Waals surface area contributed by atoms with Crippen LogP contribution in [0, 0.1) is 45.3 Å². The van der Waals surface area contributed by atoms with E-state index in [9.17, 15) is 81.4 Å². The van der Waals surface area contributed by atoms with E-state index in [-0.39, 0.29) is 41.3 Å². The van der Waals surface area contributed by atoms with Gasteiger partial charge in [-0.05, 0) is 116 Å². The zero-order valence-electron chi connectivity index (χ0n) is 45.8. The zero-order chi connectivity index (χ0) is 57.5. The van der Waals surface area contributed by atoms with Gasteiger partial charge in [-0.2, -0.15) is 0 Å². The van der Waals surface area contributed by atoms with Crippen LogP contribution in [0.2, 0.25) is 0 Å². The second kappa shape index (κ2) is 23.5. The predicted molar refractivity (Wildman–Crippen MR) is 267 cm³/mol. The van der Waals surface area contributed by atoms with E-state index in [0.717, 1.165) is 12.8 Å². The van der Waals surface area contributed by atoms with Gasteiger partial charge in [0, 0.05) is 6.42 Å². The molecule has 4 aliphatic carbocycles. The molecule has 30 atom stereocenters. The number of hydrogen-bond acceptors (Lipinski definition) is 24. The smallest absolute Gasteiger partial charge is 0.187 e. The lowest BCUT2D eigenvalue weighted by atomic mass is 9.35. The summed E-state index contributed by atoms with van der Waals surface area (Å²) in [7, 11) is 0. The van der Waals surface area contributed by atoms with Gasteiger partial charge in [0.2, 0.25) is 0 Å². The summed E-state index contributed by atoms with van der Waals surface area (Å²) >= 11 is 0. The van der Waals surface area contributed by atoms with E-state index >= 15 is 0 Å². The van der Waals surface area contributed by atoms with Crippen LogP contribution in [-0.2, 0) is 42.7 Å². The Morgan fingerprint density at radius 3 is 1.65 bits per heavy atom. The molecule has 0 aromatic carbocycles. The number of ether oxygens (including phenoxy) is 8. The van der Waals surface area contributed by atoms with Crippen molar-refractivity contribution in [3.05, 3.63) is 12.2 Å². The minimum atomic E-state index is -1.83. The van der Waals surface area contributed by atoms with E-state index in [1.807, 2.05) is 6.92 Å². The Kier molecular flexibility index (Phi) is 18.8. The maximum absolute atomic E-state index is 13.3. The van der Waals surface area contributed by atoms with Crippen LogP contribution in [0.25, 0.3) is 0 Å². The summed E-state index contributed by atoms with van der Waals surface area (Å²) in [5.41, 5.74) is -2.85. The number of carbonyl (C=O) groups excluding carboxylic acids is 1. The van der Waals surface area contributed by atoms with Gasteiger partial charge in [0.05, 0.1) is 44.2 Å². The van der Waals surface area contributed by atoms with Crippen molar-refractivity contribution >= 4 is 5.78 Å². The van der Waals surface area contributed by atoms with E-state index < -0.39 is 190 Å². The molecule has 4 saturated carbocycles. The van der Waals surface area contributed by atoms with Crippen molar-refractivity contribution in [2.45, 2.75) is 247 Å². The van der Waals surface area contributed by atoms with Gasteiger partial charge < -0.3 is 114 Å². The highest BCUT2D eigenvalue weighted by atomic mass is 16.8. The first-order valence-corrected chi connectivity index (χ1v) is 27.9. The standard InChI is InChI=1S/C54H90O24/c1-22(2)24(58)10-16-54(8,78-48-44(70)40(66)37(63)29(75-48)21-71-46-42(68)38(64)34(60)26(18-55)72-46)23-9-14-53(7)33(23)25(59)17-31-51(5)13-12-32(50(3,4)30(51)11-15-52(31,53)6)76-49-45(41(67)36(62)28(20-57)74-49)77-47-43(69)39(65)35(61)27(19-56)73-47/h23,25-49,55-57,59-70H,1,9-21H2,2-8H3. The minimum Gasteiger partial charge on any atom is -0.394 e. The summed E-state index contributed by atoms with van der Waals surface area (Å²) in [6, 6.07) is 0. The van der Waals surface area contributed by atoms with Gasteiger partial charge in [-0.15, -0.1) is 0 Å². The molecule has 8 aliphatic rings. The van der Waals surface area contributed by atoms with Crippen molar-refractivity contribution < 1.29 is 119 Å². The maximum atomic E-state index is 13.3. The van der Waals surface area contributed by atoms with E-state index in [2.05, 4.69) is 41.2 Å². The molecule has 4 aliphatic heterocycles. The number of Topliss-reactive ketones (excluding diaryl/α,β-unsaturated/α-hetero) is 1. The molecule has 24 nitrogen and oxygen atoms in total. The highest BCUT2D eigenvalue weighted by molar-refractivity contribution is 5.94. The van der Waals surface area contributed by atoms with Gasteiger partial charge in [-0.25, -0.2) is 0 Å². The molecule has 8 fully saturated rings. The molecule has 24 heteroatoms. The number of aliphatic hydroxyl groups is 15. The van der Waals surface area contributed by atoms with Gasteiger partial charge in [0.25, 0.3) is 0 Å². The third-order valence-electron chi connectivity index (χ3n) is 21.0. The monoisotopic (exact) mass is 1120 g/mol. The van der Waals surface area contributed by atoms with Crippen LogP contribution >= 0.6 is 0 Å². The Balaban J connectivity index is 1.02. The van der Waals surface area contributed by atoms with Crippen molar-refractivity contribution in [2.24, 2.45) is 45.3 Å². The van der Waals surface area contributed by atoms with E-state index in [1.54, 1.807) is 6.92 Å². The van der Waals surface area contributed by atoms with Crippen LogP contribution in [0.1, 0.15) is 106 Å². The lowest BCUT2D eigenvalue weighted by molar-refractivity contribution is -0.378. The number of allylic oxidation sites excluding steroid dienone is 1. The van der Waals surface area contributed by atoms with Crippen LogP contribution in [0.5, 0.6) is 0 Å². The number of hydrogen-bond donors (Lipinski definition) is 15. The number of fused-ring (bicyclic) bond motifs is 5. The van der Waals surface area contributed by atoms with Gasteiger partial charge in [-0.1, -0.05) is 41.2 Å². The fourth-order valence-corrected chi connectivity index (χ4v) is 16.2. The number of aliphatic hydroxyl groups excluding tert-OH is 15.